The summed E-state index contributed by atoms with van der Waals surface area (Å²) >= 11 is 0. The monoisotopic (exact) mass is 338 g/mol. The van der Waals surface area contributed by atoms with Crippen LogP contribution in [0.3, 0.4) is 0 Å². The number of anilines is 1. The van der Waals surface area contributed by atoms with Crippen LogP contribution in [-0.2, 0) is 14.3 Å². The van der Waals surface area contributed by atoms with Crippen molar-refractivity contribution in [3.05, 3.63) is 29.3 Å². The van der Waals surface area contributed by atoms with Gasteiger partial charge in [-0.3, -0.25) is 4.79 Å². The Balaban J connectivity index is 2.78. The number of urea groups is 1. The van der Waals surface area contributed by atoms with Crippen LogP contribution in [-0.4, -0.2) is 49.8 Å². The molecule has 0 aliphatic carbocycles. The van der Waals surface area contributed by atoms with Crippen LogP contribution in [0.2, 0.25) is 0 Å². The fourth-order valence-corrected chi connectivity index (χ4v) is 1.81. The molecule has 3 N–H and O–H groups in total. The van der Waals surface area contributed by atoms with Crippen molar-refractivity contribution in [2.24, 2.45) is 0 Å². The van der Waals surface area contributed by atoms with Crippen LogP contribution in [0.1, 0.15) is 33.6 Å². The number of carbonyl (C=O) groups excluding carboxylic acids is 3. The minimum absolute atomic E-state index is 0.0109. The summed E-state index contributed by atoms with van der Waals surface area (Å²) in [6.45, 7) is 0.183. The molecule has 0 bridgehead atoms. The van der Waals surface area contributed by atoms with Crippen LogP contribution in [0.25, 0.3) is 0 Å². The van der Waals surface area contributed by atoms with Crippen LogP contribution in [0.15, 0.2) is 18.2 Å². The van der Waals surface area contributed by atoms with Gasteiger partial charge in [0, 0.05) is 18.7 Å². The molecule has 9 heteroatoms. The van der Waals surface area contributed by atoms with Gasteiger partial charge in [0.15, 0.2) is 0 Å². The molecular weight excluding hydrogens is 320 g/mol. The second kappa shape index (κ2) is 9.13. The maximum atomic E-state index is 11.8. The van der Waals surface area contributed by atoms with Crippen molar-refractivity contribution >= 4 is 29.6 Å². The number of methoxy groups -OCH3 is 2. The van der Waals surface area contributed by atoms with Crippen LogP contribution < -0.4 is 10.6 Å². The Morgan fingerprint density at radius 2 is 1.67 bits per heavy atom. The van der Waals surface area contributed by atoms with Crippen molar-refractivity contribution in [2.75, 3.05) is 26.1 Å². The predicted octanol–water partition coefficient (Wildman–Crippen LogP) is 1.25. The molecule has 0 spiro atoms. The lowest BCUT2D eigenvalue weighted by Crippen LogP contribution is -2.30. The summed E-state index contributed by atoms with van der Waals surface area (Å²) in [5, 5.41) is 13.5. The minimum atomic E-state index is -0.946. The molecule has 9 nitrogen and oxygen atoms in total. The quantitative estimate of drug-likeness (QED) is 0.503. The Hall–Kier alpha value is -3.10. The average Bonchev–Trinajstić information content (AvgIpc) is 2.57. The zero-order valence-corrected chi connectivity index (χ0v) is 13.3. The Labute approximate surface area is 137 Å². The average molecular weight is 338 g/mol. The van der Waals surface area contributed by atoms with Gasteiger partial charge in [0.2, 0.25) is 0 Å². The van der Waals surface area contributed by atoms with E-state index in [4.69, 9.17) is 5.11 Å². The van der Waals surface area contributed by atoms with Crippen LogP contribution in [0.4, 0.5) is 10.5 Å². The van der Waals surface area contributed by atoms with E-state index < -0.39 is 23.9 Å². The molecule has 0 saturated carbocycles. The van der Waals surface area contributed by atoms with Gasteiger partial charge < -0.3 is 25.2 Å². The van der Waals surface area contributed by atoms with Gasteiger partial charge in [0.05, 0.1) is 25.3 Å². The lowest BCUT2D eigenvalue weighted by Gasteiger charge is -2.11. The molecule has 1 rings (SSSR count). The first kappa shape index (κ1) is 18.9. The van der Waals surface area contributed by atoms with Crippen LogP contribution >= 0.6 is 0 Å². The summed E-state index contributed by atoms with van der Waals surface area (Å²) in [5.41, 5.74) is 0.226. The number of hydrogen-bond donors (Lipinski definition) is 3. The summed E-state index contributed by atoms with van der Waals surface area (Å²) in [6, 6.07) is 3.48. The molecular formula is C15H18N2O7. The Bertz CT molecular complexity index is 643. The van der Waals surface area contributed by atoms with E-state index in [9.17, 15) is 19.2 Å². The molecule has 0 radical (unpaired) electrons. The zero-order chi connectivity index (χ0) is 18.1. The smallest absolute Gasteiger partial charge is 0.338 e. The first-order chi connectivity index (χ1) is 11.4. The summed E-state index contributed by atoms with van der Waals surface area (Å²) in [7, 11) is 2.35. The Morgan fingerprint density at radius 1 is 1.04 bits per heavy atom. The maximum absolute atomic E-state index is 11.8. The zero-order valence-electron chi connectivity index (χ0n) is 13.3. The standard InChI is InChI=1S/C15H18N2O7/c1-23-13(20)10-6-5-9(8-11(10)14(21)24-2)17-15(22)16-7-3-4-12(18)19/h5-6,8H,3-4,7H2,1-2H3,(H,18,19)(H2,16,17,22). The highest BCUT2D eigenvalue weighted by molar-refractivity contribution is 6.04. The molecule has 1 aromatic rings. The van der Waals surface area contributed by atoms with Crippen molar-refractivity contribution in [1.29, 1.82) is 0 Å². The van der Waals surface area contributed by atoms with Gasteiger partial charge in [-0.25, -0.2) is 14.4 Å². The molecule has 24 heavy (non-hydrogen) atoms. The molecule has 0 fully saturated rings. The predicted molar refractivity (Wildman–Crippen MR) is 83.0 cm³/mol. The summed E-state index contributed by atoms with van der Waals surface area (Å²) in [4.78, 5) is 45.5. The third-order valence-corrected chi connectivity index (χ3v) is 2.94. The molecule has 0 aliphatic heterocycles. The van der Waals surface area contributed by atoms with Gasteiger partial charge in [-0.1, -0.05) is 0 Å². The molecule has 1 aromatic carbocycles. The minimum Gasteiger partial charge on any atom is -0.481 e. The van der Waals surface area contributed by atoms with E-state index in [1.54, 1.807) is 0 Å². The number of carboxylic acid groups (broad SMARTS) is 1. The van der Waals surface area contributed by atoms with E-state index in [1.807, 2.05) is 0 Å². The SMILES string of the molecule is COC(=O)c1ccc(NC(=O)NCCCC(=O)O)cc1C(=O)OC. The van der Waals surface area contributed by atoms with Gasteiger partial charge in [-0.2, -0.15) is 0 Å². The highest BCUT2D eigenvalue weighted by Crippen LogP contribution is 2.18. The number of carbonyl (C=O) groups is 4. The number of rotatable bonds is 7. The van der Waals surface area contributed by atoms with Gasteiger partial charge in [-0.05, 0) is 24.6 Å². The van der Waals surface area contributed by atoms with Crippen molar-refractivity contribution in [2.45, 2.75) is 12.8 Å². The normalized spacial score (nSPS) is 9.75. The number of benzene rings is 1. The second-order valence-corrected chi connectivity index (χ2v) is 4.62. The molecule has 0 atom stereocenters. The fourth-order valence-electron chi connectivity index (χ4n) is 1.81. The number of ether oxygens (including phenoxy) is 2. The molecule has 0 saturated heterocycles. The number of aliphatic carboxylic acids is 1. The third-order valence-electron chi connectivity index (χ3n) is 2.94. The maximum Gasteiger partial charge on any atom is 0.338 e. The third kappa shape index (κ3) is 5.59. The topological polar surface area (TPSA) is 131 Å². The molecule has 0 aromatic heterocycles. The number of carboxylic acids is 1. The first-order valence-corrected chi connectivity index (χ1v) is 6.96. The lowest BCUT2D eigenvalue weighted by molar-refractivity contribution is -0.137. The largest absolute Gasteiger partial charge is 0.481 e. The first-order valence-electron chi connectivity index (χ1n) is 6.96. The Morgan fingerprint density at radius 3 is 2.25 bits per heavy atom. The second-order valence-electron chi connectivity index (χ2n) is 4.62. The number of hydrogen-bond acceptors (Lipinski definition) is 6. The van der Waals surface area contributed by atoms with Crippen LogP contribution in [0.5, 0.6) is 0 Å². The molecule has 0 heterocycles. The van der Waals surface area contributed by atoms with E-state index in [0.717, 1.165) is 0 Å². The molecule has 0 unspecified atom stereocenters. The lowest BCUT2D eigenvalue weighted by atomic mass is 10.1. The number of esters is 2. The summed E-state index contributed by atoms with van der Waals surface area (Å²) in [6.07, 6.45) is 0.234. The number of nitrogens with one attached hydrogen (secondary N) is 2. The molecule has 130 valence electrons. The molecule has 2 amide bonds. The van der Waals surface area contributed by atoms with E-state index in [1.165, 1.54) is 32.4 Å². The van der Waals surface area contributed by atoms with Crippen molar-refractivity contribution in [3.63, 3.8) is 0 Å². The van der Waals surface area contributed by atoms with Gasteiger partial charge in [0.1, 0.15) is 0 Å². The van der Waals surface area contributed by atoms with Crippen molar-refractivity contribution < 1.29 is 33.8 Å². The van der Waals surface area contributed by atoms with E-state index in [2.05, 4.69) is 20.1 Å². The highest BCUT2D eigenvalue weighted by atomic mass is 16.5. The van der Waals surface area contributed by atoms with Gasteiger partial charge in [0.25, 0.3) is 0 Å². The van der Waals surface area contributed by atoms with Gasteiger partial charge >= 0.3 is 23.9 Å². The molecule has 0 aliphatic rings. The highest BCUT2D eigenvalue weighted by Gasteiger charge is 2.19. The van der Waals surface area contributed by atoms with Gasteiger partial charge in [-0.15, -0.1) is 0 Å². The van der Waals surface area contributed by atoms with E-state index >= 15 is 0 Å². The van der Waals surface area contributed by atoms with Crippen LogP contribution in [0, 0.1) is 0 Å². The van der Waals surface area contributed by atoms with E-state index in [-0.39, 0.29) is 36.2 Å². The van der Waals surface area contributed by atoms with Crippen molar-refractivity contribution in [3.8, 4) is 0 Å². The fraction of sp³-hybridized carbons (Fsp3) is 0.333. The number of amides is 2. The Kier molecular flexibility index (Phi) is 7.21. The summed E-state index contributed by atoms with van der Waals surface area (Å²) < 4.78 is 9.19. The van der Waals surface area contributed by atoms with Crippen molar-refractivity contribution in [1.82, 2.24) is 5.32 Å². The summed E-state index contributed by atoms with van der Waals surface area (Å²) in [5.74, 6) is -2.40. The van der Waals surface area contributed by atoms with E-state index in [0.29, 0.717) is 0 Å².